The van der Waals surface area contributed by atoms with Crippen molar-refractivity contribution in [2.45, 2.75) is 13.5 Å². The van der Waals surface area contributed by atoms with E-state index in [4.69, 9.17) is 23.8 Å². The van der Waals surface area contributed by atoms with Crippen molar-refractivity contribution >= 4 is 57.6 Å². The van der Waals surface area contributed by atoms with E-state index >= 15 is 0 Å². The van der Waals surface area contributed by atoms with Gasteiger partial charge in [-0.1, -0.05) is 52.8 Å². The number of rotatable bonds is 3. The van der Waals surface area contributed by atoms with Gasteiger partial charge in [0.05, 0.1) is 10.9 Å². The molecule has 0 radical (unpaired) electrons. The van der Waals surface area contributed by atoms with Crippen molar-refractivity contribution in [3.8, 4) is 0 Å². The first-order chi connectivity index (χ1) is 13.0. The molecule has 2 heterocycles. The number of amides is 1. The minimum atomic E-state index is -0.310. The molecule has 136 valence electrons. The first-order valence-electron chi connectivity index (χ1n) is 8.15. The van der Waals surface area contributed by atoms with Gasteiger partial charge in [-0.3, -0.25) is 14.0 Å². The molecular formula is C19H14ClN3O2S2. The van der Waals surface area contributed by atoms with Crippen molar-refractivity contribution < 1.29 is 4.79 Å². The third kappa shape index (κ3) is 3.18. The molecule has 4 rings (SSSR count). The molecule has 2 aromatic carbocycles. The molecule has 27 heavy (non-hydrogen) atoms. The Bertz CT molecular complexity index is 1320. The predicted octanol–water partition coefficient (Wildman–Crippen LogP) is 4.46. The topological polar surface area (TPSA) is 66.4 Å². The minimum absolute atomic E-state index is 0.248. The first kappa shape index (κ1) is 17.9. The lowest BCUT2D eigenvalue weighted by Crippen LogP contribution is -2.23. The highest BCUT2D eigenvalue weighted by Crippen LogP contribution is 2.23. The Labute approximate surface area is 168 Å². The molecule has 0 aliphatic carbocycles. The number of carbonyl (C=O) groups excluding carboxylic acids is 1. The van der Waals surface area contributed by atoms with Gasteiger partial charge in [0.25, 0.3) is 11.5 Å². The quantitative estimate of drug-likeness (QED) is 0.485. The monoisotopic (exact) mass is 415 g/mol. The summed E-state index contributed by atoms with van der Waals surface area (Å²) in [5, 5.41) is 3.97. The van der Waals surface area contributed by atoms with Crippen LogP contribution in [0.2, 0.25) is 5.02 Å². The van der Waals surface area contributed by atoms with E-state index in [1.807, 2.05) is 43.3 Å². The van der Waals surface area contributed by atoms with Crippen LogP contribution in [0.4, 0.5) is 0 Å². The number of aryl methyl sites for hydroxylation is 1. The number of thiazole rings is 1. The van der Waals surface area contributed by atoms with E-state index in [1.54, 1.807) is 10.5 Å². The number of carbonyl (C=O) groups is 1. The van der Waals surface area contributed by atoms with E-state index in [1.165, 1.54) is 11.3 Å². The lowest BCUT2D eigenvalue weighted by atomic mass is 10.1. The average Bonchev–Trinajstić information content (AvgIpc) is 2.97. The summed E-state index contributed by atoms with van der Waals surface area (Å²) < 4.78 is 2.23. The summed E-state index contributed by atoms with van der Waals surface area (Å²) in [5.41, 5.74) is 2.64. The third-order valence-electron chi connectivity index (χ3n) is 4.28. The number of aromatic nitrogens is 2. The standard InChI is InChI=1S/C19H14ClN3O2S2/c1-10-6-7-14-12(8-10)17(24)22-16-15(27-19(26)23(14)16)18(25)21-9-11-4-2-3-5-13(11)20/h2-8H,9H2,1H3,(H,21,25)(H,22,24). The van der Waals surface area contributed by atoms with Crippen molar-refractivity contribution in [3.63, 3.8) is 0 Å². The summed E-state index contributed by atoms with van der Waals surface area (Å²) in [4.78, 5) is 28.4. The predicted molar refractivity (Wildman–Crippen MR) is 112 cm³/mol. The molecule has 5 nitrogen and oxygen atoms in total. The Hall–Kier alpha value is -2.48. The van der Waals surface area contributed by atoms with Crippen LogP contribution in [0.5, 0.6) is 0 Å². The number of hydrogen-bond acceptors (Lipinski definition) is 4. The van der Waals surface area contributed by atoms with Crippen LogP contribution < -0.4 is 10.9 Å². The van der Waals surface area contributed by atoms with Crippen molar-refractivity contribution in [1.29, 1.82) is 0 Å². The van der Waals surface area contributed by atoms with Gasteiger partial charge in [0.15, 0.2) is 3.95 Å². The van der Waals surface area contributed by atoms with E-state index < -0.39 is 0 Å². The highest BCUT2D eigenvalue weighted by Gasteiger charge is 2.18. The molecule has 0 fully saturated rings. The number of nitrogens with zero attached hydrogens (tertiary/aromatic N) is 1. The molecule has 0 atom stereocenters. The van der Waals surface area contributed by atoms with Crippen molar-refractivity contribution in [2.24, 2.45) is 0 Å². The normalized spacial score (nSPS) is 11.2. The highest BCUT2D eigenvalue weighted by atomic mass is 35.5. The lowest BCUT2D eigenvalue weighted by molar-refractivity contribution is 0.0956. The number of halogens is 1. The van der Waals surface area contributed by atoms with Gasteiger partial charge in [-0.25, -0.2) is 0 Å². The van der Waals surface area contributed by atoms with E-state index in [2.05, 4.69) is 10.3 Å². The summed E-state index contributed by atoms with van der Waals surface area (Å²) in [5.74, 6) is -0.310. The molecule has 0 aliphatic rings. The maximum atomic E-state index is 12.7. The van der Waals surface area contributed by atoms with Crippen molar-refractivity contribution in [3.05, 3.63) is 77.8 Å². The van der Waals surface area contributed by atoms with Crippen LogP contribution >= 0.6 is 35.2 Å². The summed E-state index contributed by atoms with van der Waals surface area (Å²) in [6, 6.07) is 12.9. The largest absolute Gasteiger partial charge is 0.347 e. The van der Waals surface area contributed by atoms with Crippen LogP contribution in [0, 0.1) is 10.9 Å². The van der Waals surface area contributed by atoms with Gasteiger partial charge in [0, 0.05) is 11.6 Å². The summed E-state index contributed by atoms with van der Waals surface area (Å²) in [6.07, 6.45) is 0. The maximum Gasteiger partial charge on any atom is 0.265 e. The Morgan fingerprint density at radius 2 is 2.07 bits per heavy atom. The Morgan fingerprint density at radius 1 is 1.30 bits per heavy atom. The van der Waals surface area contributed by atoms with Gasteiger partial charge < -0.3 is 10.3 Å². The number of aromatic amines is 1. The molecule has 8 heteroatoms. The first-order valence-corrected chi connectivity index (χ1v) is 9.76. The van der Waals surface area contributed by atoms with Gasteiger partial charge in [-0.2, -0.15) is 0 Å². The number of H-pyrrole nitrogens is 1. The number of nitrogens with one attached hydrogen (secondary N) is 2. The fourth-order valence-corrected chi connectivity index (χ4v) is 4.46. The molecule has 0 aliphatic heterocycles. The Morgan fingerprint density at radius 3 is 2.85 bits per heavy atom. The molecule has 1 amide bonds. The molecular weight excluding hydrogens is 402 g/mol. The SMILES string of the molecule is Cc1ccc2c(c1)c(=O)[nH]c1c(C(=O)NCc3ccccc3Cl)sc(=S)n12. The molecule has 0 unspecified atom stereocenters. The van der Waals surface area contributed by atoms with E-state index in [0.29, 0.717) is 30.4 Å². The van der Waals surface area contributed by atoms with E-state index in [0.717, 1.165) is 11.1 Å². The second-order valence-electron chi connectivity index (χ2n) is 6.13. The molecule has 4 aromatic rings. The number of hydrogen-bond donors (Lipinski definition) is 2. The summed E-state index contributed by atoms with van der Waals surface area (Å²) >= 11 is 12.8. The molecule has 0 spiro atoms. The Kier molecular flexibility index (Phi) is 4.59. The lowest BCUT2D eigenvalue weighted by Gasteiger charge is -2.07. The van der Waals surface area contributed by atoms with Gasteiger partial charge in [0.1, 0.15) is 10.5 Å². The number of benzene rings is 2. The minimum Gasteiger partial charge on any atom is -0.347 e. The van der Waals surface area contributed by atoms with Gasteiger partial charge in [-0.15, -0.1) is 0 Å². The maximum absolute atomic E-state index is 12.7. The van der Waals surface area contributed by atoms with Gasteiger partial charge in [0.2, 0.25) is 0 Å². The Balaban J connectivity index is 1.79. The van der Waals surface area contributed by atoms with Crippen LogP contribution in [0.25, 0.3) is 16.6 Å². The van der Waals surface area contributed by atoms with Gasteiger partial charge in [-0.05, 0) is 42.9 Å². The van der Waals surface area contributed by atoms with Crippen LogP contribution in [-0.4, -0.2) is 15.3 Å². The van der Waals surface area contributed by atoms with Crippen molar-refractivity contribution in [2.75, 3.05) is 0 Å². The van der Waals surface area contributed by atoms with E-state index in [9.17, 15) is 9.59 Å². The summed E-state index contributed by atoms with van der Waals surface area (Å²) in [6.45, 7) is 2.20. The van der Waals surface area contributed by atoms with Crippen LogP contribution in [0.3, 0.4) is 0 Å². The number of fused-ring (bicyclic) bond motifs is 3. The van der Waals surface area contributed by atoms with E-state index in [-0.39, 0.29) is 18.0 Å². The van der Waals surface area contributed by atoms with Crippen LogP contribution in [0.1, 0.15) is 20.8 Å². The second kappa shape index (κ2) is 6.92. The zero-order valence-corrected chi connectivity index (χ0v) is 16.6. The van der Waals surface area contributed by atoms with Crippen LogP contribution in [0.15, 0.2) is 47.3 Å². The smallest absolute Gasteiger partial charge is 0.265 e. The fraction of sp³-hybridized carbons (Fsp3) is 0.105. The van der Waals surface area contributed by atoms with Gasteiger partial charge >= 0.3 is 0 Å². The molecule has 0 saturated carbocycles. The second-order valence-corrected chi connectivity index (χ2v) is 8.18. The average molecular weight is 416 g/mol. The molecule has 0 bridgehead atoms. The molecule has 2 aromatic heterocycles. The molecule has 0 saturated heterocycles. The third-order valence-corrected chi connectivity index (χ3v) is 6.02. The zero-order valence-electron chi connectivity index (χ0n) is 14.2. The highest BCUT2D eigenvalue weighted by molar-refractivity contribution is 7.73. The fourth-order valence-electron chi connectivity index (χ4n) is 2.96. The molecule has 2 N–H and O–H groups in total. The van der Waals surface area contributed by atoms with Crippen molar-refractivity contribution in [1.82, 2.24) is 14.7 Å². The van der Waals surface area contributed by atoms with Crippen LogP contribution in [-0.2, 0) is 6.54 Å². The zero-order chi connectivity index (χ0) is 19.1. The summed E-state index contributed by atoms with van der Waals surface area (Å²) in [7, 11) is 0.